The van der Waals surface area contributed by atoms with Crippen molar-refractivity contribution in [3.8, 4) is 0 Å². The summed E-state index contributed by atoms with van der Waals surface area (Å²) in [6, 6.07) is 19.5. The largest absolute Gasteiger partial charge is 0.465 e. The molecule has 6 nitrogen and oxygen atoms in total. The van der Waals surface area contributed by atoms with Crippen molar-refractivity contribution in [3.63, 3.8) is 0 Å². The molecule has 0 saturated heterocycles. The first kappa shape index (κ1) is 23.3. The summed E-state index contributed by atoms with van der Waals surface area (Å²) in [5.74, 6) is -1.36. The SMILES string of the molecule is COC(=O)c1ccc2c(c1)NC(=O)C2C(C)=Nc1ccc(CN(C)Cc2ccc(F)cc2)cc1. The fourth-order valence-electron chi connectivity index (χ4n) is 4.14. The molecule has 0 aromatic heterocycles. The summed E-state index contributed by atoms with van der Waals surface area (Å²) in [4.78, 5) is 31.2. The monoisotopic (exact) mass is 459 g/mol. The first-order valence-corrected chi connectivity index (χ1v) is 10.9. The van der Waals surface area contributed by atoms with Crippen molar-refractivity contribution < 1.29 is 18.7 Å². The van der Waals surface area contributed by atoms with Crippen molar-refractivity contribution in [2.24, 2.45) is 4.99 Å². The molecule has 0 aliphatic carbocycles. The second-order valence-electron chi connectivity index (χ2n) is 8.43. The summed E-state index contributed by atoms with van der Waals surface area (Å²) in [5.41, 5.74) is 5.38. The van der Waals surface area contributed by atoms with E-state index in [1.54, 1.807) is 30.3 Å². The Labute approximate surface area is 198 Å². The van der Waals surface area contributed by atoms with Crippen molar-refractivity contribution in [2.75, 3.05) is 19.5 Å². The molecular formula is C27H26FN3O3. The summed E-state index contributed by atoms with van der Waals surface area (Å²) in [5, 5.41) is 2.83. The molecule has 0 saturated carbocycles. The van der Waals surface area contributed by atoms with Crippen molar-refractivity contribution in [3.05, 3.63) is 94.8 Å². The fraction of sp³-hybridized carbons (Fsp3) is 0.222. The van der Waals surface area contributed by atoms with Gasteiger partial charge in [0.15, 0.2) is 0 Å². The van der Waals surface area contributed by atoms with Gasteiger partial charge in [-0.2, -0.15) is 0 Å². The number of amides is 1. The van der Waals surface area contributed by atoms with Crippen molar-refractivity contribution in [1.29, 1.82) is 0 Å². The number of nitrogens with zero attached hydrogens (tertiary/aromatic N) is 2. The zero-order valence-electron chi connectivity index (χ0n) is 19.3. The fourth-order valence-corrected chi connectivity index (χ4v) is 4.14. The molecule has 1 N–H and O–H groups in total. The van der Waals surface area contributed by atoms with Gasteiger partial charge in [0.2, 0.25) is 5.91 Å². The zero-order chi connectivity index (χ0) is 24.2. The maximum atomic E-state index is 13.1. The number of esters is 1. The molecule has 4 rings (SSSR count). The number of methoxy groups -OCH3 is 1. The van der Waals surface area contributed by atoms with Crippen LogP contribution in [0.2, 0.25) is 0 Å². The number of halogens is 1. The highest BCUT2D eigenvalue weighted by Crippen LogP contribution is 2.35. The zero-order valence-corrected chi connectivity index (χ0v) is 19.3. The van der Waals surface area contributed by atoms with Gasteiger partial charge in [0.05, 0.1) is 18.4 Å². The second-order valence-corrected chi connectivity index (χ2v) is 8.43. The number of rotatable bonds is 7. The lowest BCUT2D eigenvalue weighted by molar-refractivity contribution is -0.115. The third-order valence-electron chi connectivity index (χ3n) is 5.78. The molecule has 0 bridgehead atoms. The van der Waals surface area contributed by atoms with Crippen molar-refractivity contribution in [2.45, 2.75) is 25.9 Å². The molecular weight excluding hydrogens is 433 g/mol. The average molecular weight is 460 g/mol. The molecule has 3 aromatic carbocycles. The number of hydrogen-bond donors (Lipinski definition) is 1. The molecule has 3 aromatic rings. The maximum Gasteiger partial charge on any atom is 0.337 e. The number of fused-ring (bicyclic) bond motifs is 1. The lowest BCUT2D eigenvalue weighted by Crippen LogP contribution is -2.18. The minimum absolute atomic E-state index is 0.169. The number of carbonyl (C=O) groups excluding carboxylic acids is 2. The predicted molar refractivity (Wildman–Crippen MR) is 130 cm³/mol. The first-order chi connectivity index (χ1) is 16.3. The Morgan fingerprint density at radius 1 is 1.03 bits per heavy atom. The summed E-state index contributed by atoms with van der Waals surface area (Å²) in [7, 11) is 3.34. The number of benzene rings is 3. The van der Waals surface area contributed by atoms with E-state index in [4.69, 9.17) is 4.74 Å². The van der Waals surface area contributed by atoms with E-state index >= 15 is 0 Å². The number of ether oxygens (including phenoxy) is 1. The van der Waals surface area contributed by atoms with Gasteiger partial charge in [-0.1, -0.05) is 30.3 Å². The van der Waals surface area contributed by atoms with Gasteiger partial charge in [-0.3, -0.25) is 14.7 Å². The molecule has 1 aliphatic rings. The second kappa shape index (κ2) is 9.97. The summed E-state index contributed by atoms with van der Waals surface area (Å²) in [6.07, 6.45) is 0. The molecule has 0 spiro atoms. The number of aliphatic imine (C=N–C) groups is 1. The Hall–Kier alpha value is -3.84. The van der Waals surface area contributed by atoms with Crippen LogP contribution in [0.15, 0.2) is 71.7 Å². The van der Waals surface area contributed by atoms with Gasteiger partial charge in [-0.25, -0.2) is 9.18 Å². The summed E-state index contributed by atoms with van der Waals surface area (Å²) >= 11 is 0. The van der Waals surface area contributed by atoms with Crippen LogP contribution < -0.4 is 5.32 Å². The molecule has 1 atom stereocenters. The first-order valence-electron chi connectivity index (χ1n) is 10.9. The molecule has 0 radical (unpaired) electrons. The molecule has 1 amide bonds. The normalized spacial score (nSPS) is 15.3. The predicted octanol–water partition coefficient (Wildman–Crippen LogP) is 5.07. The third kappa shape index (κ3) is 5.21. The lowest BCUT2D eigenvalue weighted by atomic mass is 9.95. The van der Waals surface area contributed by atoms with Crippen LogP contribution >= 0.6 is 0 Å². The Balaban J connectivity index is 1.44. The number of nitrogens with one attached hydrogen (secondary N) is 1. The Morgan fingerprint density at radius 2 is 1.65 bits per heavy atom. The highest BCUT2D eigenvalue weighted by atomic mass is 19.1. The van der Waals surface area contributed by atoms with Gasteiger partial charge in [-0.05, 0) is 67.1 Å². The molecule has 34 heavy (non-hydrogen) atoms. The molecule has 174 valence electrons. The quantitative estimate of drug-likeness (QED) is 0.395. The molecule has 0 fully saturated rings. The van der Waals surface area contributed by atoms with Gasteiger partial charge in [-0.15, -0.1) is 0 Å². The molecule has 1 heterocycles. The van der Waals surface area contributed by atoms with E-state index in [0.717, 1.165) is 28.9 Å². The molecule has 1 unspecified atom stereocenters. The van der Waals surface area contributed by atoms with Crippen LogP contribution in [0.1, 0.15) is 39.9 Å². The Morgan fingerprint density at radius 3 is 2.26 bits per heavy atom. The minimum atomic E-state index is -0.511. The van der Waals surface area contributed by atoms with Crippen molar-refractivity contribution in [1.82, 2.24) is 4.90 Å². The topological polar surface area (TPSA) is 71.0 Å². The van der Waals surface area contributed by atoms with Crippen LogP contribution in [0, 0.1) is 5.82 Å². The molecule has 7 heteroatoms. The van der Waals surface area contributed by atoms with Gasteiger partial charge in [0, 0.05) is 24.5 Å². The lowest BCUT2D eigenvalue weighted by Gasteiger charge is -2.17. The van der Waals surface area contributed by atoms with Crippen LogP contribution in [-0.2, 0) is 22.6 Å². The van der Waals surface area contributed by atoms with Crippen LogP contribution in [-0.4, -0.2) is 36.6 Å². The number of hydrogen-bond acceptors (Lipinski definition) is 5. The number of carbonyl (C=O) groups is 2. The van der Waals surface area contributed by atoms with Gasteiger partial charge in [0.1, 0.15) is 11.7 Å². The van der Waals surface area contributed by atoms with Crippen LogP contribution in [0.3, 0.4) is 0 Å². The van der Waals surface area contributed by atoms with E-state index in [1.807, 2.05) is 38.2 Å². The summed E-state index contributed by atoms with van der Waals surface area (Å²) in [6.45, 7) is 3.28. The third-order valence-corrected chi connectivity index (χ3v) is 5.78. The smallest absolute Gasteiger partial charge is 0.337 e. The average Bonchev–Trinajstić information content (AvgIpc) is 3.16. The minimum Gasteiger partial charge on any atom is -0.465 e. The van der Waals surface area contributed by atoms with Gasteiger partial charge < -0.3 is 10.1 Å². The highest BCUT2D eigenvalue weighted by molar-refractivity contribution is 6.18. The maximum absolute atomic E-state index is 13.1. The van der Waals surface area contributed by atoms with Gasteiger partial charge in [0.25, 0.3) is 0 Å². The number of anilines is 1. The standard InChI is InChI=1S/C27H26FN3O3/c1-17(25-23-13-8-20(27(33)34-3)14-24(23)30-26(25)32)29-22-11-6-19(7-12-22)16-31(2)15-18-4-9-21(28)10-5-18/h4-14,25H,15-16H2,1-3H3,(H,30,32). The van der Waals surface area contributed by atoms with E-state index in [1.165, 1.54) is 19.2 Å². The highest BCUT2D eigenvalue weighted by Gasteiger charge is 2.33. The Kier molecular flexibility index (Phi) is 6.84. The van der Waals surface area contributed by atoms with E-state index in [0.29, 0.717) is 23.5 Å². The van der Waals surface area contributed by atoms with Gasteiger partial charge >= 0.3 is 5.97 Å². The summed E-state index contributed by atoms with van der Waals surface area (Å²) < 4.78 is 17.8. The van der Waals surface area contributed by atoms with Crippen LogP contribution in [0.25, 0.3) is 0 Å². The van der Waals surface area contributed by atoms with Crippen molar-refractivity contribution >= 4 is 29.0 Å². The van der Waals surface area contributed by atoms with E-state index in [9.17, 15) is 14.0 Å². The van der Waals surface area contributed by atoms with E-state index in [-0.39, 0.29) is 11.7 Å². The molecule has 1 aliphatic heterocycles. The van der Waals surface area contributed by atoms with Crippen LogP contribution in [0.5, 0.6) is 0 Å². The van der Waals surface area contributed by atoms with E-state index < -0.39 is 11.9 Å². The van der Waals surface area contributed by atoms with Crippen LogP contribution in [0.4, 0.5) is 15.8 Å². The Bertz CT molecular complexity index is 1240. The van der Waals surface area contributed by atoms with E-state index in [2.05, 4.69) is 15.2 Å².